The second kappa shape index (κ2) is 7.54. The van der Waals surface area contributed by atoms with Crippen molar-refractivity contribution in [1.29, 1.82) is 0 Å². The summed E-state index contributed by atoms with van der Waals surface area (Å²) in [5, 5.41) is 8.13. The number of nitrogens with one attached hydrogen (secondary N) is 1. The number of ether oxygens (including phenoxy) is 1. The van der Waals surface area contributed by atoms with Gasteiger partial charge in [-0.2, -0.15) is 5.10 Å². The van der Waals surface area contributed by atoms with Crippen molar-refractivity contribution in [2.75, 3.05) is 39.3 Å². The molecule has 1 amide bonds. The summed E-state index contributed by atoms with van der Waals surface area (Å²) in [5.74, 6) is 0.00611. The third kappa shape index (κ3) is 3.70. The van der Waals surface area contributed by atoms with Gasteiger partial charge in [0, 0.05) is 31.6 Å². The Hall–Kier alpha value is -1.92. The van der Waals surface area contributed by atoms with E-state index in [1.807, 2.05) is 29.2 Å². The molecule has 6 nitrogen and oxygen atoms in total. The van der Waals surface area contributed by atoms with E-state index in [2.05, 4.69) is 15.1 Å². The number of amides is 1. The topological polar surface area (TPSA) is 61.5 Å². The van der Waals surface area contributed by atoms with Crippen molar-refractivity contribution >= 4 is 16.8 Å². The number of carbonyl (C=O) groups excluding carboxylic acids is 1. The second-order valence-electron chi connectivity index (χ2n) is 7.08. The number of fused-ring (bicyclic) bond motifs is 1. The minimum absolute atomic E-state index is 0.00611. The van der Waals surface area contributed by atoms with Crippen LogP contribution in [0.2, 0.25) is 0 Å². The molecule has 0 saturated carbocycles. The van der Waals surface area contributed by atoms with Crippen LogP contribution in [0.3, 0.4) is 0 Å². The van der Waals surface area contributed by atoms with Gasteiger partial charge in [0.05, 0.1) is 11.6 Å². The van der Waals surface area contributed by atoms with E-state index in [0.717, 1.165) is 50.1 Å². The summed E-state index contributed by atoms with van der Waals surface area (Å²) in [4.78, 5) is 17.4. The first kappa shape index (κ1) is 16.5. The van der Waals surface area contributed by atoms with E-state index in [1.54, 1.807) is 0 Å². The highest BCUT2D eigenvalue weighted by Gasteiger charge is 2.27. The minimum Gasteiger partial charge on any atom is -0.375 e. The highest BCUT2D eigenvalue weighted by molar-refractivity contribution is 6.04. The molecule has 6 heteroatoms. The van der Waals surface area contributed by atoms with E-state index in [-0.39, 0.29) is 12.0 Å². The number of aromatic amines is 1. The highest BCUT2D eigenvalue weighted by Crippen LogP contribution is 2.19. The number of aromatic nitrogens is 2. The molecule has 134 valence electrons. The van der Waals surface area contributed by atoms with Gasteiger partial charge in [0.25, 0.3) is 5.91 Å². The number of rotatable bonds is 3. The summed E-state index contributed by atoms with van der Waals surface area (Å²) in [6.07, 6.45) is 4.85. The van der Waals surface area contributed by atoms with E-state index >= 15 is 0 Å². The van der Waals surface area contributed by atoms with E-state index in [4.69, 9.17) is 4.74 Å². The maximum Gasteiger partial charge on any atom is 0.275 e. The van der Waals surface area contributed by atoms with Gasteiger partial charge in [0.15, 0.2) is 5.69 Å². The average molecular weight is 342 g/mol. The molecule has 0 radical (unpaired) electrons. The lowest BCUT2D eigenvalue weighted by Crippen LogP contribution is -2.44. The number of likely N-dealkylation sites (tertiary alicyclic amines) is 1. The molecule has 0 bridgehead atoms. The fourth-order valence-electron chi connectivity index (χ4n) is 3.90. The predicted octanol–water partition coefficient (Wildman–Crippen LogP) is 2.28. The molecule has 2 fully saturated rings. The van der Waals surface area contributed by atoms with Crippen LogP contribution < -0.4 is 0 Å². The van der Waals surface area contributed by atoms with Gasteiger partial charge in [-0.05, 0) is 38.4 Å². The number of carbonyl (C=O) groups is 1. The SMILES string of the molecule is O=C(c1n[nH]c2ccccc12)N1CCCO[C@@H](CN2CCCCC2)C1. The molecule has 0 spiro atoms. The van der Waals surface area contributed by atoms with Crippen molar-refractivity contribution in [3.8, 4) is 0 Å². The van der Waals surface area contributed by atoms with Crippen LogP contribution >= 0.6 is 0 Å². The molecule has 2 aliphatic rings. The summed E-state index contributed by atoms with van der Waals surface area (Å²) in [6, 6.07) is 7.79. The fraction of sp³-hybridized carbons (Fsp3) is 0.579. The van der Waals surface area contributed by atoms with Gasteiger partial charge in [0.2, 0.25) is 0 Å². The minimum atomic E-state index is 0.00611. The van der Waals surface area contributed by atoms with Gasteiger partial charge in [-0.15, -0.1) is 0 Å². The molecular weight excluding hydrogens is 316 g/mol. The van der Waals surface area contributed by atoms with E-state index < -0.39 is 0 Å². The lowest BCUT2D eigenvalue weighted by atomic mass is 10.1. The first-order valence-corrected chi connectivity index (χ1v) is 9.37. The molecule has 1 aromatic heterocycles. The Morgan fingerprint density at radius 1 is 1.16 bits per heavy atom. The molecule has 3 heterocycles. The third-order valence-electron chi connectivity index (χ3n) is 5.22. The van der Waals surface area contributed by atoms with E-state index in [9.17, 15) is 4.79 Å². The van der Waals surface area contributed by atoms with Crippen molar-refractivity contribution in [2.45, 2.75) is 31.8 Å². The molecule has 1 atom stereocenters. The zero-order chi connectivity index (χ0) is 17.1. The number of hydrogen-bond donors (Lipinski definition) is 1. The lowest BCUT2D eigenvalue weighted by molar-refractivity contribution is 0.0216. The molecule has 1 aromatic carbocycles. The molecule has 0 aliphatic carbocycles. The van der Waals surface area contributed by atoms with Crippen LogP contribution in [0.1, 0.15) is 36.2 Å². The highest BCUT2D eigenvalue weighted by atomic mass is 16.5. The summed E-state index contributed by atoms with van der Waals surface area (Å²) in [7, 11) is 0. The van der Waals surface area contributed by atoms with Gasteiger partial charge in [-0.25, -0.2) is 0 Å². The Balaban J connectivity index is 1.47. The Morgan fingerprint density at radius 2 is 2.00 bits per heavy atom. The van der Waals surface area contributed by atoms with Gasteiger partial charge < -0.3 is 14.5 Å². The van der Waals surface area contributed by atoms with Crippen molar-refractivity contribution < 1.29 is 9.53 Å². The van der Waals surface area contributed by atoms with Crippen LogP contribution in [0, 0.1) is 0 Å². The standard InChI is InChI=1S/C19H26N4O2/c24-19(18-16-7-2-3-8-17(16)20-21-18)23-11-6-12-25-15(14-23)13-22-9-4-1-5-10-22/h2-3,7-8,15H,1,4-6,9-14H2,(H,20,21)/t15-/m0/s1. The van der Waals surface area contributed by atoms with Gasteiger partial charge in [-0.3, -0.25) is 9.89 Å². The summed E-state index contributed by atoms with van der Waals surface area (Å²) in [5.41, 5.74) is 1.43. The van der Waals surface area contributed by atoms with Crippen LogP contribution in [-0.4, -0.2) is 71.3 Å². The maximum atomic E-state index is 13.0. The number of para-hydroxylation sites is 1. The van der Waals surface area contributed by atoms with Crippen molar-refractivity contribution in [1.82, 2.24) is 20.0 Å². The van der Waals surface area contributed by atoms with Crippen LogP contribution in [0.5, 0.6) is 0 Å². The second-order valence-corrected chi connectivity index (χ2v) is 7.08. The number of hydrogen-bond acceptors (Lipinski definition) is 4. The Morgan fingerprint density at radius 3 is 2.88 bits per heavy atom. The Kier molecular flexibility index (Phi) is 4.99. The first-order valence-electron chi connectivity index (χ1n) is 9.37. The number of H-pyrrole nitrogens is 1. The molecular formula is C19H26N4O2. The van der Waals surface area contributed by atoms with Gasteiger partial charge in [-0.1, -0.05) is 24.6 Å². The molecule has 0 unspecified atom stereocenters. The smallest absolute Gasteiger partial charge is 0.275 e. The molecule has 1 N–H and O–H groups in total. The Bertz CT molecular complexity index is 723. The predicted molar refractivity (Wildman–Crippen MR) is 96.6 cm³/mol. The zero-order valence-electron chi connectivity index (χ0n) is 14.6. The quantitative estimate of drug-likeness (QED) is 0.930. The molecule has 25 heavy (non-hydrogen) atoms. The van der Waals surface area contributed by atoms with Crippen LogP contribution in [0.4, 0.5) is 0 Å². The summed E-state index contributed by atoms with van der Waals surface area (Å²) in [6.45, 7) is 5.33. The lowest BCUT2D eigenvalue weighted by Gasteiger charge is -2.31. The van der Waals surface area contributed by atoms with Gasteiger partial charge >= 0.3 is 0 Å². The Labute approximate surface area is 148 Å². The van der Waals surface area contributed by atoms with Crippen LogP contribution in [0.15, 0.2) is 24.3 Å². The zero-order valence-corrected chi connectivity index (χ0v) is 14.6. The number of benzene rings is 1. The summed E-state index contributed by atoms with van der Waals surface area (Å²) >= 11 is 0. The molecule has 2 aliphatic heterocycles. The van der Waals surface area contributed by atoms with Crippen molar-refractivity contribution in [3.63, 3.8) is 0 Å². The average Bonchev–Trinajstić information content (AvgIpc) is 2.94. The van der Waals surface area contributed by atoms with Crippen LogP contribution in [0.25, 0.3) is 10.9 Å². The third-order valence-corrected chi connectivity index (χ3v) is 5.22. The monoisotopic (exact) mass is 342 g/mol. The molecule has 2 saturated heterocycles. The van der Waals surface area contributed by atoms with Crippen molar-refractivity contribution in [2.24, 2.45) is 0 Å². The summed E-state index contributed by atoms with van der Waals surface area (Å²) < 4.78 is 6.03. The van der Waals surface area contributed by atoms with E-state index in [1.165, 1.54) is 19.3 Å². The maximum absolute atomic E-state index is 13.0. The first-order chi connectivity index (χ1) is 12.3. The fourth-order valence-corrected chi connectivity index (χ4v) is 3.90. The van der Waals surface area contributed by atoms with Gasteiger partial charge in [0.1, 0.15) is 0 Å². The largest absolute Gasteiger partial charge is 0.375 e. The molecule has 4 rings (SSSR count). The number of piperidine rings is 1. The molecule has 2 aromatic rings. The number of nitrogens with zero attached hydrogens (tertiary/aromatic N) is 3. The van der Waals surface area contributed by atoms with Crippen LogP contribution in [-0.2, 0) is 4.74 Å². The normalized spacial score (nSPS) is 22.9. The van der Waals surface area contributed by atoms with E-state index in [0.29, 0.717) is 12.2 Å². The van der Waals surface area contributed by atoms with Crippen molar-refractivity contribution in [3.05, 3.63) is 30.0 Å².